The van der Waals surface area contributed by atoms with Crippen LogP contribution in [-0.4, -0.2) is 24.5 Å². The standard InChI is InChI=1S/C11H11NO2/c1-2-4-8(5-3-1)10-11-9(14-12-10)6-7-13-11/h1-5,9,11H,6-7H2. The van der Waals surface area contributed by atoms with Crippen molar-refractivity contribution >= 4 is 5.71 Å². The number of nitrogens with zero attached hydrogens (tertiary/aromatic N) is 1. The van der Waals surface area contributed by atoms with Gasteiger partial charge in [-0.05, 0) is 0 Å². The summed E-state index contributed by atoms with van der Waals surface area (Å²) in [6, 6.07) is 10.1. The second-order valence-corrected chi connectivity index (χ2v) is 3.57. The largest absolute Gasteiger partial charge is 0.389 e. The lowest BCUT2D eigenvalue weighted by atomic mass is 10.0. The Morgan fingerprint density at radius 2 is 2.07 bits per heavy atom. The molecule has 0 aliphatic carbocycles. The molecule has 2 heterocycles. The quantitative estimate of drug-likeness (QED) is 0.671. The smallest absolute Gasteiger partial charge is 0.161 e. The van der Waals surface area contributed by atoms with Crippen molar-refractivity contribution in [2.24, 2.45) is 5.16 Å². The second kappa shape index (κ2) is 3.10. The zero-order chi connectivity index (χ0) is 9.38. The summed E-state index contributed by atoms with van der Waals surface area (Å²) >= 11 is 0. The van der Waals surface area contributed by atoms with Crippen LogP contribution < -0.4 is 0 Å². The van der Waals surface area contributed by atoms with E-state index in [1.165, 1.54) is 0 Å². The maximum atomic E-state index is 5.59. The highest BCUT2D eigenvalue weighted by molar-refractivity contribution is 6.04. The van der Waals surface area contributed by atoms with Gasteiger partial charge in [0.2, 0.25) is 0 Å². The summed E-state index contributed by atoms with van der Waals surface area (Å²) in [5.74, 6) is 0. The molecule has 0 amide bonds. The van der Waals surface area contributed by atoms with Crippen LogP contribution in [-0.2, 0) is 9.57 Å². The molecule has 0 N–H and O–H groups in total. The summed E-state index contributed by atoms with van der Waals surface area (Å²) in [7, 11) is 0. The van der Waals surface area contributed by atoms with Gasteiger partial charge in [-0.15, -0.1) is 0 Å². The minimum atomic E-state index is 0.0531. The summed E-state index contributed by atoms with van der Waals surface area (Å²) in [5, 5.41) is 4.08. The van der Waals surface area contributed by atoms with Gasteiger partial charge in [0.25, 0.3) is 0 Å². The predicted octanol–water partition coefficient (Wildman–Crippen LogP) is 1.58. The molecule has 3 heteroatoms. The highest BCUT2D eigenvalue weighted by Crippen LogP contribution is 2.27. The average Bonchev–Trinajstić information content (AvgIpc) is 2.79. The van der Waals surface area contributed by atoms with Gasteiger partial charge in [-0.25, -0.2) is 0 Å². The van der Waals surface area contributed by atoms with E-state index in [0.717, 1.165) is 24.3 Å². The van der Waals surface area contributed by atoms with E-state index in [1.807, 2.05) is 30.3 Å². The Morgan fingerprint density at radius 1 is 1.21 bits per heavy atom. The van der Waals surface area contributed by atoms with Crippen LogP contribution >= 0.6 is 0 Å². The van der Waals surface area contributed by atoms with E-state index in [1.54, 1.807) is 0 Å². The fourth-order valence-electron chi connectivity index (χ4n) is 1.94. The third-order valence-corrected chi connectivity index (χ3v) is 2.66. The van der Waals surface area contributed by atoms with E-state index in [-0.39, 0.29) is 12.2 Å². The van der Waals surface area contributed by atoms with E-state index in [2.05, 4.69) is 5.16 Å². The molecule has 0 aromatic heterocycles. The molecular formula is C11H11NO2. The maximum absolute atomic E-state index is 5.59. The van der Waals surface area contributed by atoms with Crippen molar-refractivity contribution < 1.29 is 9.57 Å². The summed E-state index contributed by atoms with van der Waals surface area (Å²) in [6.07, 6.45) is 1.15. The molecule has 2 aliphatic heterocycles. The fourth-order valence-corrected chi connectivity index (χ4v) is 1.94. The average molecular weight is 189 g/mol. The van der Waals surface area contributed by atoms with Gasteiger partial charge in [-0.2, -0.15) is 0 Å². The normalized spacial score (nSPS) is 29.6. The molecule has 72 valence electrons. The molecule has 2 aliphatic rings. The molecule has 2 unspecified atom stereocenters. The first-order valence-electron chi connectivity index (χ1n) is 4.86. The summed E-state index contributed by atoms with van der Waals surface area (Å²) < 4.78 is 5.59. The van der Waals surface area contributed by atoms with Gasteiger partial charge < -0.3 is 9.57 Å². The first-order valence-corrected chi connectivity index (χ1v) is 4.86. The third-order valence-electron chi connectivity index (χ3n) is 2.66. The van der Waals surface area contributed by atoms with Gasteiger partial charge in [-0.1, -0.05) is 35.5 Å². The van der Waals surface area contributed by atoms with Crippen LogP contribution in [0.1, 0.15) is 12.0 Å². The van der Waals surface area contributed by atoms with Crippen LogP contribution in [0.3, 0.4) is 0 Å². The van der Waals surface area contributed by atoms with Crippen molar-refractivity contribution in [1.29, 1.82) is 0 Å². The van der Waals surface area contributed by atoms with Crippen molar-refractivity contribution in [3.63, 3.8) is 0 Å². The first-order chi connectivity index (χ1) is 6.95. The minimum Gasteiger partial charge on any atom is -0.389 e. The van der Waals surface area contributed by atoms with Crippen LogP contribution in [0.2, 0.25) is 0 Å². The number of hydrogen-bond acceptors (Lipinski definition) is 3. The van der Waals surface area contributed by atoms with Gasteiger partial charge >= 0.3 is 0 Å². The Bertz CT molecular complexity index is 361. The van der Waals surface area contributed by atoms with Gasteiger partial charge in [0, 0.05) is 12.0 Å². The Balaban J connectivity index is 1.93. The number of ether oxygens (including phenoxy) is 1. The minimum absolute atomic E-state index is 0.0531. The molecule has 2 atom stereocenters. The molecule has 1 aromatic carbocycles. The van der Waals surface area contributed by atoms with Crippen LogP contribution in [0.15, 0.2) is 35.5 Å². The topological polar surface area (TPSA) is 30.8 Å². The van der Waals surface area contributed by atoms with Gasteiger partial charge in [0.1, 0.15) is 11.8 Å². The number of benzene rings is 1. The van der Waals surface area contributed by atoms with Crippen molar-refractivity contribution in [3.05, 3.63) is 35.9 Å². The number of hydrogen-bond donors (Lipinski definition) is 0. The lowest BCUT2D eigenvalue weighted by Crippen LogP contribution is -2.25. The molecular weight excluding hydrogens is 178 g/mol. The Labute approximate surface area is 82.3 Å². The Hall–Kier alpha value is -1.35. The summed E-state index contributed by atoms with van der Waals surface area (Å²) in [4.78, 5) is 5.31. The van der Waals surface area contributed by atoms with Crippen molar-refractivity contribution in [3.8, 4) is 0 Å². The molecule has 0 saturated carbocycles. The number of rotatable bonds is 1. The molecule has 14 heavy (non-hydrogen) atoms. The van der Waals surface area contributed by atoms with Gasteiger partial charge in [-0.3, -0.25) is 0 Å². The molecule has 1 aromatic rings. The third kappa shape index (κ3) is 1.13. The summed E-state index contributed by atoms with van der Waals surface area (Å²) in [6.45, 7) is 0.779. The SMILES string of the molecule is c1ccc(C2=NOC3CCOC23)cc1. The fraction of sp³-hybridized carbons (Fsp3) is 0.364. The predicted molar refractivity (Wildman–Crippen MR) is 52.2 cm³/mol. The zero-order valence-corrected chi connectivity index (χ0v) is 7.72. The number of oxime groups is 1. The highest BCUT2D eigenvalue weighted by Gasteiger charge is 2.39. The Kier molecular flexibility index (Phi) is 1.77. The molecule has 3 nitrogen and oxygen atoms in total. The van der Waals surface area contributed by atoms with E-state index in [4.69, 9.17) is 9.57 Å². The van der Waals surface area contributed by atoms with Gasteiger partial charge in [0.15, 0.2) is 6.10 Å². The molecule has 0 radical (unpaired) electrons. The summed E-state index contributed by atoms with van der Waals surface area (Å²) in [5.41, 5.74) is 2.04. The molecule has 3 rings (SSSR count). The van der Waals surface area contributed by atoms with Crippen LogP contribution in [0.4, 0.5) is 0 Å². The molecule has 1 fully saturated rings. The zero-order valence-electron chi connectivity index (χ0n) is 7.72. The molecule has 0 bridgehead atoms. The molecule has 0 spiro atoms. The lowest BCUT2D eigenvalue weighted by molar-refractivity contribution is 0.0539. The lowest BCUT2D eigenvalue weighted by Gasteiger charge is -2.07. The van der Waals surface area contributed by atoms with Crippen molar-refractivity contribution in [1.82, 2.24) is 0 Å². The van der Waals surface area contributed by atoms with Crippen LogP contribution in [0, 0.1) is 0 Å². The second-order valence-electron chi connectivity index (χ2n) is 3.57. The van der Waals surface area contributed by atoms with E-state index < -0.39 is 0 Å². The molecule has 1 saturated heterocycles. The van der Waals surface area contributed by atoms with E-state index in [9.17, 15) is 0 Å². The highest BCUT2D eigenvalue weighted by atomic mass is 16.7. The van der Waals surface area contributed by atoms with Crippen LogP contribution in [0.25, 0.3) is 0 Å². The van der Waals surface area contributed by atoms with Crippen molar-refractivity contribution in [2.75, 3.05) is 6.61 Å². The van der Waals surface area contributed by atoms with E-state index >= 15 is 0 Å². The monoisotopic (exact) mass is 189 g/mol. The van der Waals surface area contributed by atoms with Gasteiger partial charge in [0.05, 0.1) is 6.61 Å². The van der Waals surface area contributed by atoms with Crippen molar-refractivity contribution in [2.45, 2.75) is 18.6 Å². The number of fused-ring (bicyclic) bond motifs is 1. The first kappa shape index (κ1) is 8.00. The van der Waals surface area contributed by atoms with Crippen LogP contribution in [0.5, 0.6) is 0 Å². The Morgan fingerprint density at radius 3 is 2.93 bits per heavy atom. The maximum Gasteiger partial charge on any atom is 0.161 e. The van der Waals surface area contributed by atoms with E-state index in [0.29, 0.717) is 0 Å².